The fourth-order valence-electron chi connectivity index (χ4n) is 4.14. The van der Waals surface area contributed by atoms with E-state index in [2.05, 4.69) is 9.88 Å². The molecule has 0 atom stereocenters. The Morgan fingerprint density at radius 3 is 2.38 bits per heavy atom. The maximum atomic E-state index is 12.8. The molecular formula is C20H26ClN3O3S2. The van der Waals surface area contributed by atoms with Gasteiger partial charge < -0.3 is 9.64 Å². The highest BCUT2D eigenvalue weighted by Gasteiger charge is 2.32. The third kappa shape index (κ3) is 5.49. The SMILES string of the molecule is O=S(=O)(Cc1ccc(Cl)cc1)N1CCC(N2CCC(Oc3nccs3)CC2)CC1. The standard InChI is InChI=1S/C20H26ClN3O3S2/c21-17-3-1-16(2-4-17)15-29(25,26)24-12-5-18(6-13-24)23-10-7-19(8-11-23)27-20-22-9-14-28-20/h1-4,9,14,18-19H,5-8,10-13,15H2. The Morgan fingerprint density at radius 2 is 1.76 bits per heavy atom. The first-order chi connectivity index (χ1) is 14.0. The molecule has 1 aromatic heterocycles. The minimum atomic E-state index is -3.30. The Balaban J connectivity index is 1.24. The van der Waals surface area contributed by atoms with Crippen molar-refractivity contribution in [2.45, 2.75) is 43.6 Å². The number of piperidine rings is 2. The van der Waals surface area contributed by atoms with E-state index in [1.165, 1.54) is 11.3 Å². The molecule has 1 aromatic carbocycles. The second kappa shape index (κ2) is 9.31. The van der Waals surface area contributed by atoms with Gasteiger partial charge in [-0.25, -0.2) is 17.7 Å². The monoisotopic (exact) mass is 455 g/mol. The van der Waals surface area contributed by atoms with Crippen LogP contribution >= 0.6 is 22.9 Å². The summed E-state index contributed by atoms with van der Waals surface area (Å²) in [7, 11) is -3.30. The molecule has 4 rings (SSSR count). The number of hydrogen-bond donors (Lipinski definition) is 0. The van der Waals surface area contributed by atoms with Crippen molar-refractivity contribution in [1.82, 2.24) is 14.2 Å². The summed E-state index contributed by atoms with van der Waals surface area (Å²) in [4.78, 5) is 6.70. The topological polar surface area (TPSA) is 62.7 Å². The van der Waals surface area contributed by atoms with E-state index < -0.39 is 10.0 Å². The van der Waals surface area contributed by atoms with Gasteiger partial charge in [-0.1, -0.05) is 35.1 Å². The molecule has 2 saturated heterocycles. The Bertz CT molecular complexity index is 874. The van der Waals surface area contributed by atoms with Crippen molar-refractivity contribution in [3.8, 4) is 5.19 Å². The van der Waals surface area contributed by atoms with Crippen LogP contribution in [0.15, 0.2) is 35.8 Å². The van der Waals surface area contributed by atoms with Crippen LogP contribution in [0.25, 0.3) is 0 Å². The summed E-state index contributed by atoms with van der Waals surface area (Å²) in [5.74, 6) is 0.0360. The fourth-order valence-corrected chi connectivity index (χ4v) is 6.38. The predicted octanol–water partition coefficient (Wildman–Crippen LogP) is 3.63. The van der Waals surface area contributed by atoms with E-state index in [4.69, 9.17) is 16.3 Å². The van der Waals surface area contributed by atoms with Gasteiger partial charge in [-0.3, -0.25) is 0 Å². The van der Waals surface area contributed by atoms with Crippen molar-refractivity contribution >= 4 is 33.0 Å². The molecule has 0 amide bonds. The summed E-state index contributed by atoms with van der Waals surface area (Å²) in [6, 6.07) is 7.49. The molecule has 2 aliphatic heterocycles. The Hall–Kier alpha value is -1.19. The van der Waals surface area contributed by atoms with Gasteiger partial charge in [0.25, 0.3) is 5.19 Å². The fraction of sp³-hybridized carbons (Fsp3) is 0.550. The number of nitrogens with zero attached hydrogens (tertiary/aromatic N) is 3. The lowest BCUT2D eigenvalue weighted by molar-refractivity contribution is 0.0584. The molecule has 2 fully saturated rings. The lowest BCUT2D eigenvalue weighted by Gasteiger charge is -2.41. The van der Waals surface area contributed by atoms with Crippen molar-refractivity contribution < 1.29 is 13.2 Å². The number of ether oxygens (including phenoxy) is 1. The maximum Gasteiger partial charge on any atom is 0.273 e. The molecule has 9 heteroatoms. The first-order valence-electron chi connectivity index (χ1n) is 10.0. The van der Waals surface area contributed by atoms with Crippen LogP contribution in [-0.2, 0) is 15.8 Å². The summed E-state index contributed by atoms with van der Waals surface area (Å²) in [6.45, 7) is 3.18. The zero-order valence-corrected chi connectivity index (χ0v) is 18.6. The van der Waals surface area contributed by atoms with E-state index in [0.29, 0.717) is 24.2 Å². The number of rotatable bonds is 6. The summed E-state index contributed by atoms with van der Waals surface area (Å²) in [6.07, 6.45) is 5.76. The number of halogens is 1. The smallest absolute Gasteiger partial charge is 0.273 e. The third-order valence-electron chi connectivity index (χ3n) is 5.75. The quantitative estimate of drug-likeness (QED) is 0.665. The highest BCUT2D eigenvalue weighted by Crippen LogP contribution is 2.26. The summed E-state index contributed by atoms with van der Waals surface area (Å²) in [5.41, 5.74) is 0.777. The van der Waals surface area contributed by atoms with Crippen LogP contribution in [0.3, 0.4) is 0 Å². The van der Waals surface area contributed by atoms with E-state index in [9.17, 15) is 8.42 Å². The molecule has 0 aliphatic carbocycles. The molecule has 3 heterocycles. The van der Waals surface area contributed by atoms with Gasteiger partial charge in [-0.15, -0.1) is 0 Å². The normalized spacial score (nSPS) is 20.7. The molecule has 0 radical (unpaired) electrons. The maximum absolute atomic E-state index is 12.8. The van der Waals surface area contributed by atoms with Crippen molar-refractivity contribution in [2.75, 3.05) is 26.2 Å². The zero-order chi connectivity index (χ0) is 20.3. The number of sulfonamides is 1. The lowest BCUT2D eigenvalue weighted by Crippen LogP contribution is -2.50. The van der Waals surface area contributed by atoms with Gasteiger partial charge in [0.1, 0.15) is 6.10 Å². The van der Waals surface area contributed by atoms with Crippen LogP contribution in [0, 0.1) is 0 Å². The first kappa shape index (κ1) is 21.1. The predicted molar refractivity (Wildman–Crippen MR) is 116 cm³/mol. The van der Waals surface area contributed by atoms with E-state index in [1.807, 2.05) is 5.38 Å². The summed E-state index contributed by atoms with van der Waals surface area (Å²) in [5, 5.41) is 3.30. The molecule has 2 aromatic rings. The molecule has 0 saturated carbocycles. The van der Waals surface area contributed by atoms with E-state index >= 15 is 0 Å². The number of aromatic nitrogens is 1. The number of thiazole rings is 1. The molecule has 6 nitrogen and oxygen atoms in total. The lowest BCUT2D eigenvalue weighted by atomic mass is 10.00. The number of likely N-dealkylation sites (tertiary alicyclic amines) is 1. The molecule has 0 spiro atoms. The molecule has 2 aliphatic rings. The van der Waals surface area contributed by atoms with Gasteiger partial charge in [-0.05, 0) is 43.4 Å². The second-order valence-corrected chi connectivity index (χ2v) is 10.9. The summed E-state index contributed by atoms with van der Waals surface area (Å²) < 4.78 is 33.1. The minimum Gasteiger partial charge on any atom is -0.467 e. The molecule has 0 unspecified atom stereocenters. The van der Waals surface area contributed by atoms with E-state index in [1.54, 1.807) is 34.8 Å². The van der Waals surface area contributed by atoms with Crippen LogP contribution in [0.4, 0.5) is 0 Å². The average Bonchev–Trinajstić information content (AvgIpc) is 3.23. The van der Waals surface area contributed by atoms with Crippen molar-refractivity contribution in [3.05, 3.63) is 46.4 Å². The molecular weight excluding hydrogens is 430 g/mol. The van der Waals surface area contributed by atoms with Gasteiger partial charge in [0, 0.05) is 48.8 Å². The highest BCUT2D eigenvalue weighted by molar-refractivity contribution is 7.88. The molecule has 158 valence electrons. The van der Waals surface area contributed by atoms with Gasteiger partial charge in [0.2, 0.25) is 10.0 Å². The Morgan fingerprint density at radius 1 is 1.07 bits per heavy atom. The zero-order valence-electron chi connectivity index (χ0n) is 16.2. The Labute approximate surface area is 181 Å². The van der Waals surface area contributed by atoms with Crippen LogP contribution in [0.2, 0.25) is 5.02 Å². The van der Waals surface area contributed by atoms with Gasteiger partial charge in [0.05, 0.1) is 5.75 Å². The molecule has 29 heavy (non-hydrogen) atoms. The van der Waals surface area contributed by atoms with Crippen LogP contribution < -0.4 is 4.74 Å². The third-order valence-corrected chi connectivity index (χ3v) is 8.51. The van der Waals surface area contributed by atoms with Crippen molar-refractivity contribution in [3.63, 3.8) is 0 Å². The van der Waals surface area contributed by atoms with Crippen LogP contribution in [0.1, 0.15) is 31.2 Å². The first-order valence-corrected chi connectivity index (χ1v) is 12.9. The summed E-state index contributed by atoms with van der Waals surface area (Å²) >= 11 is 7.42. The van der Waals surface area contributed by atoms with Gasteiger partial charge in [-0.2, -0.15) is 0 Å². The largest absolute Gasteiger partial charge is 0.467 e. The van der Waals surface area contributed by atoms with Crippen LogP contribution in [0.5, 0.6) is 5.19 Å². The van der Waals surface area contributed by atoms with E-state index in [-0.39, 0.29) is 11.9 Å². The molecule has 0 bridgehead atoms. The number of benzene rings is 1. The van der Waals surface area contributed by atoms with E-state index in [0.717, 1.165) is 49.5 Å². The van der Waals surface area contributed by atoms with Gasteiger partial charge >= 0.3 is 0 Å². The number of hydrogen-bond acceptors (Lipinski definition) is 6. The second-order valence-electron chi connectivity index (χ2n) is 7.66. The highest BCUT2D eigenvalue weighted by atomic mass is 35.5. The van der Waals surface area contributed by atoms with Gasteiger partial charge in [0.15, 0.2) is 0 Å². The molecule has 0 N–H and O–H groups in total. The Kier molecular flexibility index (Phi) is 6.76. The van der Waals surface area contributed by atoms with Crippen LogP contribution in [-0.4, -0.2) is 60.9 Å². The van der Waals surface area contributed by atoms with Crippen molar-refractivity contribution in [2.24, 2.45) is 0 Å². The average molecular weight is 456 g/mol. The minimum absolute atomic E-state index is 0.0360. The van der Waals surface area contributed by atoms with Crippen molar-refractivity contribution in [1.29, 1.82) is 0 Å².